The number of hydrogen-bond acceptors (Lipinski definition) is 2. The lowest BCUT2D eigenvalue weighted by Crippen LogP contribution is -2.37. The molecule has 0 aliphatic rings. The average molecular weight is 164 g/mol. The van der Waals surface area contributed by atoms with Gasteiger partial charge in [0.05, 0.1) is 34.4 Å². The summed E-state index contributed by atoms with van der Waals surface area (Å²) in [6.45, 7) is 2.67. The molecule has 0 saturated carbocycles. The summed E-state index contributed by atoms with van der Waals surface area (Å²) in [4.78, 5) is 0. The molecule has 0 bridgehead atoms. The zero-order valence-electron chi connectivity index (χ0n) is 7.13. The molecule has 0 saturated heterocycles. The molecule has 0 fully saturated rings. The molecule has 62 valence electrons. The Morgan fingerprint density at radius 1 is 1.20 bits per heavy atom. The quantitative estimate of drug-likeness (QED) is 0.356. The number of likely N-dealkylation sites (N-methyl/N-ethyl adjacent to an activating group) is 1. The van der Waals surface area contributed by atoms with Crippen LogP contribution in [0.15, 0.2) is 0 Å². The van der Waals surface area contributed by atoms with Gasteiger partial charge in [0.1, 0.15) is 6.54 Å². The van der Waals surface area contributed by atoms with Crippen LogP contribution in [0.25, 0.3) is 0 Å². The fraction of sp³-hybridized carbons (Fsp3) is 1.00. The SMILES string of the molecule is C[N+](C)(C)CCOCCS. The topological polar surface area (TPSA) is 9.23 Å². The van der Waals surface area contributed by atoms with Gasteiger partial charge in [0.2, 0.25) is 0 Å². The number of nitrogens with zero attached hydrogens (tertiary/aromatic N) is 1. The fourth-order valence-corrected chi connectivity index (χ4v) is 0.634. The monoisotopic (exact) mass is 164 g/mol. The van der Waals surface area contributed by atoms with Crippen LogP contribution in [-0.2, 0) is 4.74 Å². The summed E-state index contributed by atoms with van der Waals surface area (Å²) in [6, 6.07) is 0. The Morgan fingerprint density at radius 2 is 1.80 bits per heavy atom. The zero-order valence-corrected chi connectivity index (χ0v) is 8.03. The van der Waals surface area contributed by atoms with E-state index in [1.165, 1.54) is 0 Å². The van der Waals surface area contributed by atoms with E-state index in [1.54, 1.807) is 0 Å². The van der Waals surface area contributed by atoms with Gasteiger partial charge >= 0.3 is 0 Å². The van der Waals surface area contributed by atoms with Gasteiger partial charge in [-0.15, -0.1) is 0 Å². The van der Waals surface area contributed by atoms with Crippen molar-refractivity contribution in [2.45, 2.75) is 0 Å². The van der Waals surface area contributed by atoms with Crippen LogP contribution in [0, 0.1) is 0 Å². The van der Waals surface area contributed by atoms with E-state index in [0.29, 0.717) is 0 Å². The van der Waals surface area contributed by atoms with E-state index in [1.807, 2.05) is 0 Å². The number of hydrogen-bond donors (Lipinski definition) is 1. The van der Waals surface area contributed by atoms with Crippen molar-refractivity contribution in [3.63, 3.8) is 0 Å². The number of ether oxygens (including phenoxy) is 1. The lowest BCUT2D eigenvalue weighted by molar-refractivity contribution is -0.870. The standard InChI is InChI=1S/C7H17NOS/c1-8(2,3)4-5-9-6-7-10/h4-7H2,1-3H3/p+1. The van der Waals surface area contributed by atoms with Crippen LogP contribution in [0.4, 0.5) is 0 Å². The van der Waals surface area contributed by atoms with E-state index >= 15 is 0 Å². The maximum Gasteiger partial charge on any atom is 0.102 e. The van der Waals surface area contributed by atoms with Crippen molar-refractivity contribution in [3.05, 3.63) is 0 Å². The van der Waals surface area contributed by atoms with Gasteiger partial charge in [-0.25, -0.2) is 0 Å². The lowest BCUT2D eigenvalue weighted by atomic mass is 10.5. The predicted octanol–water partition coefficient (Wildman–Crippen LogP) is 0.639. The first kappa shape index (κ1) is 10.3. The third-order valence-electron chi connectivity index (χ3n) is 1.14. The van der Waals surface area contributed by atoms with Gasteiger partial charge in [-0.2, -0.15) is 12.6 Å². The van der Waals surface area contributed by atoms with Crippen molar-refractivity contribution in [2.24, 2.45) is 0 Å². The summed E-state index contributed by atoms with van der Waals surface area (Å²) in [7, 11) is 6.47. The Balaban J connectivity index is 3.04. The zero-order chi connectivity index (χ0) is 8.04. The molecule has 0 aliphatic carbocycles. The number of thiol groups is 1. The minimum Gasteiger partial charge on any atom is -0.375 e. The average Bonchev–Trinajstić information content (AvgIpc) is 1.78. The molecule has 10 heavy (non-hydrogen) atoms. The van der Waals surface area contributed by atoms with Crippen LogP contribution in [-0.4, -0.2) is 51.1 Å². The summed E-state index contributed by atoms with van der Waals surface area (Å²) in [5.74, 6) is 0.817. The Morgan fingerprint density at radius 3 is 2.20 bits per heavy atom. The van der Waals surface area contributed by atoms with Crippen LogP contribution in [0.5, 0.6) is 0 Å². The molecule has 0 aromatic carbocycles. The third kappa shape index (κ3) is 8.27. The molecular formula is C7H18NOS+. The molecule has 3 heteroatoms. The maximum absolute atomic E-state index is 5.27. The summed E-state index contributed by atoms with van der Waals surface area (Å²) < 4.78 is 6.23. The molecule has 0 heterocycles. The first-order valence-electron chi connectivity index (χ1n) is 3.55. The van der Waals surface area contributed by atoms with E-state index < -0.39 is 0 Å². The Kier molecular flexibility index (Phi) is 5.13. The van der Waals surface area contributed by atoms with Crippen molar-refractivity contribution in [2.75, 3.05) is 46.7 Å². The number of quaternary nitrogens is 1. The first-order valence-corrected chi connectivity index (χ1v) is 4.18. The van der Waals surface area contributed by atoms with Gasteiger partial charge in [0.25, 0.3) is 0 Å². The molecule has 2 nitrogen and oxygen atoms in total. The van der Waals surface area contributed by atoms with Gasteiger partial charge in [-0.3, -0.25) is 0 Å². The van der Waals surface area contributed by atoms with E-state index in [9.17, 15) is 0 Å². The summed E-state index contributed by atoms with van der Waals surface area (Å²) >= 11 is 4.04. The minimum absolute atomic E-state index is 0.767. The molecule has 0 aromatic heterocycles. The maximum atomic E-state index is 5.27. The molecule has 0 unspecified atom stereocenters. The molecule has 0 spiro atoms. The predicted molar refractivity (Wildman–Crippen MR) is 47.6 cm³/mol. The van der Waals surface area contributed by atoms with E-state index in [2.05, 4.69) is 33.8 Å². The Labute approximate surface area is 69.2 Å². The minimum atomic E-state index is 0.767. The smallest absolute Gasteiger partial charge is 0.102 e. The molecule has 0 rings (SSSR count). The van der Waals surface area contributed by atoms with Gasteiger partial charge in [-0.05, 0) is 0 Å². The van der Waals surface area contributed by atoms with E-state index in [0.717, 1.165) is 30.0 Å². The third-order valence-corrected chi connectivity index (χ3v) is 1.32. The van der Waals surface area contributed by atoms with Crippen LogP contribution in [0.2, 0.25) is 0 Å². The van der Waals surface area contributed by atoms with Crippen LogP contribution in [0.3, 0.4) is 0 Å². The number of rotatable bonds is 5. The molecule has 0 aromatic rings. The van der Waals surface area contributed by atoms with Crippen molar-refractivity contribution in [1.29, 1.82) is 0 Å². The highest BCUT2D eigenvalue weighted by molar-refractivity contribution is 7.80. The van der Waals surface area contributed by atoms with E-state index in [-0.39, 0.29) is 0 Å². The van der Waals surface area contributed by atoms with Crippen molar-refractivity contribution in [3.8, 4) is 0 Å². The van der Waals surface area contributed by atoms with Gasteiger partial charge in [-0.1, -0.05) is 0 Å². The summed E-state index contributed by atoms with van der Waals surface area (Å²) in [5.41, 5.74) is 0. The molecule has 0 aliphatic heterocycles. The van der Waals surface area contributed by atoms with Crippen molar-refractivity contribution >= 4 is 12.6 Å². The van der Waals surface area contributed by atoms with Crippen molar-refractivity contribution in [1.82, 2.24) is 0 Å². The second-order valence-electron chi connectivity index (χ2n) is 3.35. The molecule has 0 atom stereocenters. The second-order valence-corrected chi connectivity index (χ2v) is 3.80. The highest BCUT2D eigenvalue weighted by Crippen LogP contribution is 1.89. The van der Waals surface area contributed by atoms with Crippen LogP contribution < -0.4 is 0 Å². The molecule has 0 N–H and O–H groups in total. The first-order chi connectivity index (χ1) is 4.56. The summed E-state index contributed by atoms with van der Waals surface area (Å²) in [6.07, 6.45) is 0. The normalized spacial score (nSPS) is 12.0. The van der Waals surface area contributed by atoms with E-state index in [4.69, 9.17) is 4.74 Å². The summed E-state index contributed by atoms with van der Waals surface area (Å²) in [5, 5.41) is 0. The second kappa shape index (κ2) is 4.99. The van der Waals surface area contributed by atoms with Crippen molar-refractivity contribution < 1.29 is 9.22 Å². The Bertz CT molecular complexity index is 80.2. The molecule has 0 amide bonds. The van der Waals surface area contributed by atoms with Crippen LogP contribution >= 0.6 is 12.6 Å². The lowest BCUT2D eigenvalue weighted by Gasteiger charge is -2.23. The van der Waals surface area contributed by atoms with Gasteiger partial charge in [0, 0.05) is 5.75 Å². The highest BCUT2D eigenvalue weighted by Gasteiger charge is 2.04. The molecular weight excluding hydrogens is 146 g/mol. The van der Waals surface area contributed by atoms with Gasteiger partial charge < -0.3 is 9.22 Å². The fourth-order valence-electron chi connectivity index (χ4n) is 0.505. The Hall–Kier alpha value is 0.270. The highest BCUT2D eigenvalue weighted by atomic mass is 32.1. The van der Waals surface area contributed by atoms with Gasteiger partial charge in [0.15, 0.2) is 0 Å². The largest absolute Gasteiger partial charge is 0.375 e. The molecule has 0 radical (unpaired) electrons. The van der Waals surface area contributed by atoms with Crippen LogP contribution in [0.1, 0.15) is 0 Å².